The number of hydrogen-bond donors (Lipinski definition) is 1. The van der Waals surface area contributed by atoms with Crippen LogP contribution < -0.4 is 10.1 Å². The summed E-state index contributed by atoms with van der Waals surface area (Å²) in [7, 11) is 0. The van der Waals surface area contributed by atoms with Gasteiger partial charge in [-0.2, -0.15) is 13.2 Å². The Labute approximate surface area is 146 Å². The molecular weight excluding hydrogens is 387 g/mol. The number of anilines is 1. The molecule has 2 aromatic rings. The summed E-state index contributed by atoms with van der Waals surface area (Å²) < 4.78 is 45.4. The van der Waals surface area contributed by atoms with Crippen LogP contribution in [0.25, 0.3) is 0 Å². The van der Waals surface area contributed by atoms with Gasteiger partial charge in [0.1, 0.15) is 5.75 Å². The molecule has 128 valence electrons. The topological polar surface area (TPSA) is 38.3 Å². The molecule has 0 unspecified atom stereocenters. The molecule has 2 aromatic carbocycles. The van der Waals surface area contributed by atoms with E-state index in [9.17, 15) is 18.0 Å². The largest absolute Gasteiger partial charge is 0.478 e. The Kier molecular flexibility index (Phi) is 5.22. The van der Waals surface area contributed by atoms with Crippen LogP contribution in [-0.4, -0.2) is 11.5 Å². The minimum Gasteiger partial charge on any atom is -0.478 e. The zero-order valence-electron chi connectivity index (χ0n) is 12.9. The van der Waals surface area contributed by atoms with E-state index in [1.807, 2.05) is 0 Å². The van der Waals surface area contributed by atoms with Crippen LogP contribution in [0.3, 0.4) is 0 Å². The third-order valence-corrected chi connectivity index (χ3v) is 3.74. The molecule has 0 saturated heterocycles. The third-order valence-electron chi connectivity index (χ3n) is 3.21. The van der Waals surface area contributed by atoms with Gasteiger partial charge in [0.25, 0.3) is 5.91 Å². The molecule has 0 fully saturated rings. The van der Waals surface area contributed by atoms with Gasteiger partial charge >= 0.3 is 6.18 Å². The Morgan fingerprint density at radius 1 is 1.04 bits per heavy atom. The van der Waals surface area contributed by atoms with Crippen LogP contribution in [0.4, 0.5) is 18.9 Å². The number of carbonyl (C=O) groups excluding carboxylic acids is 1. The molecule has 1 amide bonds. The van der Waals surface area contributed by atoms with Crippen molar-refractivity contribution in [1.82, 2.24) is 0 Å². The van der Waals surface area contributed by atoms with Crippen LogP contribution >= 0.6 is 15.9 Å². The molecule has 0 radical (unpaired) electrons. The first-order valence-corrected chi connectivity index (χ1v) is 7.81. The molecule has 1 N–H and O–H groups in total. The summed E-state index contributed by atoms with van der Waals surface area (Å²) in [6.45, 7) is 2.97. The summed E-state index contributed by atoms with van der Waals surface area (Å²) in [5, 5.41) is 2.30. The first kappa shape index (κ1) is 18.3. The maximum atomic E-state index is 13.0. The Morgan fingerprint density at radius 3 is 2.21 bits per heavy atom. The summed E-state index contributed by atoms with van der Waals surface area (Å²) in [4.78, 5) is 12.4. The lowest BCUT2D eigenvalue weighted by Gasteiger charge is -2.26. The summed E-state index contributed by atoms with van der Waals surface area (Å²) in [6, 6.07) is 11.6. The number of benzene rings is 2. The van der Waals surface area contributed by atoms with E-state index >= 15 is 0 Å². The highest BCUT2D eigenvalue weighted by Gasteiger charge is 2.36. The molecule has 0 aromatic heterocycles. The Hall–Kier alpha value is -2.02. The molecule has 0 atom stereocenters. The molecule has 0 saturated carbocycles. The van der Waals surface area contributed by atoms with Crippen molar-refractivity contribution in [2.45, 2.75) is 25.6 Å². The highest BCUT2D eigenvalue weighted by atomic mass is 79.9. The van der Waals surface area contributed by atoms with E-state index in [0.29, 0.717) is 5.75 Å². The second-order valence-corrected chi connectivity index (χ2v) is 6.48. The molecular formula is C17H15BrF3NO2. The van der Waals surface area contributed by atoms with Crippen LogP contribution in [0.15, 0.2) is 53.0 Å². The van der Waals surface area contributed by atoms with Crippen LogP contribution in [-0.2, 0) is 11.0 Å². The van der Waals surface area contributed by atoms with Crippen molar-refractivity contribution < 1.29 is 22.7 Å². The Bertz CT molecular complexity index is 727. The van der Waals surface area contributed by atoms with Gasteiger partial charge in [0.15, 0.2) is 5.60 Å². The average Bonchev–Trinajstić information content (AvgIpc) is 2.49. The van der Waals surface area contributed by atoms with Crippen LogP contribution in [0.2, 0.25) is 0 Å². The van der Waals surface area contributed by atoms with Crippen LogP contribution in [0.1, 0.15) is 19.4 Å². The summed E-state index contributed by atoms with van der Waals surface area (Å²) >= 11 is 3.28. The first-order valence-electron chi connectivity index (χ1n) is 7.02. The SMILES string of the molecule is CC(C)(Oc1ccc(Br)cc1)C(=O)Nc1ccccc1C(F)(F)F. The Morgan fingerprint density at radius 2 is 1.62 bits per heavy atom. The van der Waals surface area contributed by atoms with E-state index in [1.54, 1.807) is 24.3 Å². The van der Waals surface area contributed by atoms with E-state index in [1.165, 1.54) is 32.0 Å². The first-order chi connectivity index (χ1) is 11.1. The molecule has 0 aliphatic rings. The number of rotatable bonds is 4. The second-order valence-electron chi connectivity index (χ2n) is 5.56. The fraction of sp³-hybridized carbons (Fsp3) is 0.235. The number of amides is 1. The van der Waals surface area contributed by atoms with Gasteiger partial charge in [-0.3, -0.25) is 4.79 Å². The van der Waals surface area contributed by atoms with Gasteiger partial charge in [-0.15, -0.1) is 0 Å². The number of ether oxygens (including phenoxy) is 1. The number of para-hydroxylation sites is 1. The molecule has 0 spiro atoms. The third kappa shape index (κ3) is 4.50. The maximum Gasteiger partial charge on any atom is 0.418 e. The van der Waals surface area contributed by atoms with E-state index in [4.69, 9.17) is 4.74 Å². The molecule has 24 heavy (non-hydrogen) atoms. The predicted molar refractivity (Wildman–Crippen MR) is 88.9 cm³/mol. The minimum absolute atomic E-state index is 0.303. The highest BCUT2D eigenvalue weighted by molar-refractivity contribution is 9.10. The monoisotopic (exact) mass is 401 g/mol. The fourth-order valence-electron chi connectivity index (χ4n) is 1.96. The average molecular weight is 402 g/mol. The standard InChI is InChI=1S/C17H15BrF3NO2/c1-16(2,24-12-9-7-11(18)8-10-12)15(23)22-14-6-4-3-5-13(14)17(19,20)21/h3-10H,1-2H3,(H,22,23). The summed E-state index contributed by atoms with van der Waals surface area (Å²) in [5.41, 5.74) is -2.56. The number of hydrogen-bond acceptors (Lipinski definition) is 2. The van der Waals surface area contributed by atoms with Crippen molar-refractivity contribution in [3.05, 3.63) is 58.6 Å². The molecule has 0 aliphatic heterocycles. The number of alkyl halides is 3. The van der Waals surface area contributed by atoms with Crippen LogP contribution in [0, 0.1) is 0 Å². The van der Waals surface area contributed by atoms with Gasteiger partial charge in [-0.05, 0) is 50.2 Å². The molecule has 2 rings (SSSR count). The predicted octanol–water partition coefficient (Wildman–Crippen LogP) is 5.26. The van der Waals surface area contributed by atoms with E-state index in [0.717, 1.165) is 10.5 Å². The quantitative estimate of drug-likeness (QED) is 0.758. The van der Waals surface area contributed by atoms with E-state index in [-0.39, 0.29) is 5.69 Å². The lowest BCUT2D eigenvalue weighted by molar-refractivity contribution is -0.137. The highest BCUT2D eigenvalue weighted by Crippen LogP contribution is 2.35. The molecule has 7 heteroatoms. The van der Waals surface area contributed by atoms with Crippen molar-refractivity contribution in [3.8, 4) is 5.75 Å². The van der Waals surface area contributed by atoms with Crippen molar-refractivity contribution >= 4 is 27.5 Å². The van der Waals surface area contributed by atoms with Gasteiger partial charge < -0.3 is 10.1 Å². The van der Waals surface area contributed by atoms with Gasteiger partial charge in [0, 0.05) is 4.47 Å². The molecule has 3 nitrogen and oxygen atoms in total. The van der Waals surface area contributed by atoms with Gasteiger partial charge in [0.2, 0.25) is 0 Å². The zero-order valence-corrected chi connectivity index (χ0v) is 14.5. The van der Waals surface area contributed by atoms with Crippen LogP contribution in [0.5, 0.6) is 5.75 Å². The van der Waals surface area contributed by atoms with Crippen molar-refractivity contribution in [1.29, 1.82) is 0 Å². The minimum atomic E-state index is -4.55. The molecule has 0 aliphatic carbocycles. The zero-order chi connectivity index (χ0) is 18.0. The van der Waals surface area contributed by atoms with Gasteiger partial charge in [-0.1, -0.05) is 28.1 Å². The van der Waals surface area contributed by atoms with Crippen molar-refractivity contribution in [2.24, 2.45) is 0 Å². The number of nitrogens with one attached hydrogen (secondary N) is 1. The maximum absolute atomic E-state index is 13.0. The smallest absolute Gasteiger partial charge is 0.418 e. The number of carbonyl (C=O) groups is 1. The summed E-state index contributed by atoms with van der Waals surface area (Å²) in [6.07, 6.45) is -4.55. The summed E-state index contributed by atoms with van der Waals surface area (Å²) in [5.74, 6) is -0.246. The van der Waals surface area contributed by atoms with Crippen molar-refractivity contribution in [2.75, 3.05) is 5.32 Å². The normalized spacial score (nSPS) is 11.9. The second kappa shape index (κ2) is 6.84. The number of halogens is 4. The van der Waals surface area contributed by atoms with E-state index < -0.39 is 23.2 Å². The van der Waals surface area contributed by atoms with Gasteiger partial charge in [-0.25, -0.2) is 0 Å². The lowest BCUT2D eigenvalue weighted by atomic mass is 10.1. The fourth-order valence-corrected chi connectivity index (χ4v) is 2.22. The van der Waals surface area contributed by atoms with Gasteiger partial charge in [0.05, 0.1) is 11.3 Å². The lowest BCUT2D eigenvalue weighted by Crippen LogP contribution is -2.42. The van der Waals surface area contributed by atoms with Crippen molar-refractivity contribution in [3.63, 3.8) is 0 Å². The Balaban J connectivity index is 2.18. The molecule has 0 heterocycles. The molecule has 0 bridgehead atoms. The van der Waals surface area contributed by atoms with E-state index in [2.05, 4.69) is 21.2 Å².